The molecule has 10 heteroatoms. The standard InChI is InChI=1S/C52H50O10/c53-45(29-51-23-31-17-32(24-51)19-33(18-31)25-51)59-43-15-7-5-13-41(43)47(55)37-9-1-3-11-39(37)49(57)61-62-50(58)40-12-4-2-10-38(40)48(56)42-14-6-8-16-44(42)60-46(54)30-52-26-34-20-35(27-52)22-36(21-34)28-52/h1-16,31-36H,17-30H2. The summed E-state index contributed by atoms with van der Waals surface area (Å²) < 4.78 is 11.8. The number of para-hydroxylation sites is 2. The van der Waals surface area contributed by atoms with Crippen molar-refractivity contribution in [3.05, 3.63) is 130 Å². The molecule has 0 N–H and O–H groups in total. The zero-order valence-corrected chi connectivity index (χ0v) is 34.7. The number of rotatable bonds is 12. The zero-order valence-electron chi connectivity index (χ0n) is 34.7. The van der Waals surface area contributed by atoms with E-state index in [1.54, 1.807) is 48.5 Å². The van der Waals surface area contributed by atoms with Crippen LogP contribution >= 0.6 is 0 Å². The molecule has 0 saturated heterocycles. The molecule has 318 valence electrons. The normalized spacial score (nSPS) is 28.5. The van der Waals surface area contributed by atoms with Crippen LogP contribution in [0.1, 0.15) is 142 Å². The molecule has 0 aromatic heterocycles. The minimum atomic E-state index is -1.13. The van der Waals surface area contributed by atoms with Gasteiger partial charge in [-0.05, 0) is 160 Å². The molecule has 0 spiro atoms. The lowest BCUT2D eigenvalue weighted by Crippen LogP contribution is -2.47. The first kappa shape index (κ1) is 40.2. The minimum Gasteiger partial charge on any atom is -0.426 e. The molecule has 0 heterocycles. The second-order valence-electron chi connectivity index (χ2n) is 19.6. The van der Waals surface area contributed by atoms with Crippen LogP contribution in [-0.4, -0.2) is 35.4 Å². The third kappa shape index (κ3) is 7.88. The first-order valence-corrected chi connectivity index (χ1v) is 22.3. The van der Waals surface area contributed by atoms with Crippen LogP contribution < -0.4 is 9.47 Å². The molecule has 0 radical (unpaired) electrons. The first-order valence-electron chi connectivity index (χ1n) is 22.3. The molecular formula is C52H50O10. The van der Waals surface area contributed by atoms with Gasteiger partial charge in [0, 0.05) is 11.1 Å². The van der Waals surface area contributed by atoms with E-state index < -0.39 is 23.5 Å². The molecule has 12 rings (SSSR count). The predicted octanol–water partition coefficient (Wildman–Crippen LogP) is 10.1. The number of carbonyl (C=O) groups is 6. The lowest BCUT2D eigenvalue weighted by atomic mass is 9.49. The smallest absolute Gasteiger partial charge is 0.387 e. The van der Waals surface area contributed by atoms with Crippen LogP contribution in [0.25, 0.3) is 0 Å². The number of hydrogen-bond acceptors (Lipinski definition) is 10. The third-order valence-corrected chi connectivity index (χ3v) is 15.1. The van der Waals surface area contributed by atoms with E-state index in [1.165, 1.54) is 87.1 Å². The van der Waals surface area contributed by atoms with Crippen LogP contribution in [0, 0.1) is 46.3 Å². The summed E-state index contributed by atoms with van der Waals surface area (Å²) in [6.45, 7) is 0. The number of carbonyl (C=O) groups excluding carboxylic acids is 6. The summed E-state index contributed by atoms with van der Waals surface area (Å²) in [4.78, 5) is 92.2. The van der Waals surface area contributed by atoms with Crippen LogP contribution in [-0.2, 0) is 19.4 Å². The van der Waals surface area contributed by atoms with E-state index >= 15 is 0 Å². The molecule has 8 bridgehead atoms. The van der Waals surface area contributed by atoms with Gasteiger partial charge in [-0.2, -0.15) is 0 Å². The van der Waals surface area contributed by atoms with Gasteiger partial charge in [-0.1, -0.05) is 60.7 Å². The predicted molar refractivity (Wildman–Crippen MR) is 225 cm³/mol. The monoisotopic (exact) mass is 834 g/mol. The second-order valence-corrected chi connectivity index (χ2v) is 19.6. The largest absolute Gasteiger partial charge is 0.426 e. The average Bonchev–Trinajstić information content (AvgIpc) is 3.24. The van der Waals surface area contributed by atoms with E-state index in [2.05, 4.69) is 0 Å². The molecule has 62 heavy (non-hydrogen) atoms. The maximum Gasteiger partial charge on any atom is 0.387 e. The molecular weight excluding hydrogens is 785 g/mol. The second kappa shape index (κ2) is 16.1. The highest BCUT2D eigenvalue weighted by molar-refractivity contribution is 6.17. The number of benzene rings is 4. The van der Waals surface area contributed by atoms with Crippen LogP contribution in [0.2, 0.25) is 0 Å². The SMILES string of the molecule is O=C(CC12CC3CC(CC(C3)C1)C2)Oc1ccccc1C(=O)c1ccccc1C(=O)OOC(=O)c1ccccc1C(=O)c1ccccc1OC(=O)CC12CC3CC(CC(C3)C1)C2. The Morgan fingerprint density at radius 3 is 0.984 bits per heavy atom. The Labute approximate surface area is 360 Å². The molecule has 10 nitrogen and oxygen atoms in total. The van der Waals surface area contributed by atoms with Crippen molar-refractivity contribution in [1.29, 1.82) is 0 Å². The van der Waals surface area contributed by atoms with Crippen molar-refractivity contribution < 1.29 is 48.0 Å². The fraction of sp³-hybridized carbons (Fsp3) is 0.423. The molecule has 8 saturated carbocycles. The number of esters is 2. The van der Waals surface area contributed by atoms with Crippen LogP contribution in [0.3, 0.4) is 0 Å². The van der Waals surface area contributed by atoms with E-state index in [1.807, 2.05) is 0 Å². The third-order valence-electron chi connectivity index (χ3n) is 15.1. The number of ether oxygens (including phenoxy) is 2. The van der Waals surface area contributed by atoms with Crippen molar-refractivity contribution in [2.75, 3.05) is 0 Å². The number of hydrogen-bond donors (Lipinski definition) is 0. The molecule has 0 amide bonds. The van der Waals surface area contributed by atoms with Gasteiger partial charge in [0.1, 0.15) is 11.5 Å². The summed E-state index contributed by atoms with van der Waals surface area (Å²) in [6, 6.07) is 24.7. The topological polar surface area (TPSA) is 139 Å². The average molecular weight is 835 g/mol. The fourth-order valence-electron chi connectivity index (χ4n) is 13.6. The van der Waals surface area contributed by atoms with Gasteiger partial charge < -0.3 is 9.47 Å². The molecule has 4 aromatic carbocycles. The summed E-state index contributed by atoms with van der Waals surface area (Å²) in [5.74, 6) is 0.0888. The van der Waals surface area contributed by atoms with Gasteiger partial charge >= 0.3 is 23.9 Å². The lowest BCUT2D eigenvalue weighted by molar-refractivity contribution is -0.187. The van der Waals surface area contributed by atoms with Gasteiger partial charge in [-0.3, -0.25) is 19.2 Å². The summed E-state index contributed by atoms with van der Waals surface area (Å²) >= 11 is 0. The van der Waals surface area contributed by atoms with Crippen molar-refractivity contribution in [1.82, 2.24) is 0 Å². The van der Waals surface area contributed by atoms with Crippen molar-refractivity contribution in [3.8, 4) is 11.5 Å². The van der Waals surface area contributed by atoms with Crippen LogP contribution in [0.4, 0.5) is 0 Å². The molecule has 0 unspecified atom stereocenters. The van der Waals surface area contributed by atoms with Gasteiger partial charge in [0.15, 0.2) is 11.6 Å². The van der Waals surface area contributed by atoms with Crippen molar-refractivity contribution in [3.63, 3.8) is 0 Å². The molecule has 8 aliphatic carbocycles. The summed E-state index contributed by atoms with van der Waals surface area (Å²) in [6.07, 6.45) is 14.4. The highest BCUT2D eigenvalue weighted by atomic mass is 17.2. The highest BCUT2D eigenvalue weighted by Crippen LogP contribution is 2.62. The van der Waals surface area contributed by atoms with E-state index in [-0.39, 0.29) is 67.6 Å². The van der Waals surface area contributed by atoms with Gasteiger partial charge in [0.25, 0.3) is 0 Å². The Balaban J connectivity index is 0.802. The van der Waals surface area contributed by atoms with Gasteiger partial charge in [0.05, 0.1) is 35.1 Å². The van der Waals surface area contributed by atoms with Gasteiger partial charge in [-0.25, -0.2) is 19.4 Å². The number of ketones is 2. The van der Waals surface area contributed by atoms with Crippen molar-refractivity contribution in [2.24, 2.45) is 46.3 Å². The molecule has 0 aliphatic heterocycles. The zero-order chi connectivity index (χ0) is 42.6. The Hall–Kier alpha value is -5.90. The fourth-order valence-corrected chi connectivity index (χ4v) is 13.6. The summed E-state index contributed by atoms with van der Waals surface area (Å²) in [5, 5.41) is 0. The molecule has 8 fully saturated rings. The maximum atomic E-state index is 14.1. The molecule has 8 aliphatic rings. The summed E-state index contributed by atoms with van der Waals surface area (Å²) in [7, 11) is 0. The Bertz CT molecular complexity index is 2240. The minimum absolute atomic E-state index is 0.0428. The van der Waals surface area contributed by atoms with Crippen LogP contribution in [0.5, 0.6) is 11.5 Å². The van der Waals surface area contributed by atoms with Gasteiger partial charge in [-0.15, -0.1) is 0 Å². The first-order chi connectivity index (χ1) is 30.0. The van der Waals surface area contributed by atoms with E-state index in [0.29, 0.717) is 48.3 Å². The van der Waals surface area contributed by atoms with E-state index in [4.69, 9.17) is 19.2 Å². The Kier molecular flexibility index (Phi) is 10.4. The maximum absolute atomic E-state index is 14.1. The highest BCUT2D eigenvalue weighted by Gasteiger charge is 2.53. The van der Waals surface area contributed by atoms with E-state index in [9.17, 15) is 28.8 Å². The summed E-state index contributed by atoms with van der Waals surface area (Å²) in [5.41, 5.74) is -0.379. The molecule has 4 aromatic rings. The Morgan fingerprint density at radius 1 is 0.387 bits per heavy atom. The molecule has 0 atom stereocenters. The van der Waals surface area contributed by atoms with Crippen LogP contribution in [0.15, 0.2) is 97.1 Å². The van der Waals surface area contributed by atoms with Crippen molar-refractivity contribution >= 4 is 35.4 Å². The quantitative estimate of drug-likeness (QED) is 0.0445. The Morgan fingerprint density at radius 2 is 0.661 bits per heavy atom. The lowest BCUT2D eigenvalue weighted by Gasteiger charge is -2.56. The van der Waals surface area contributed by atoms with Crippen molar-refractivity contribution in [2.45, 2.75) is 89.9 Å². The van der Waals surface area contributed by atoms with E-state index in [0.717, 1.165) is 38.5 Å². The van der Waals surface area contributed by atoms with Gasteiger partial charge in [0.2, 0.25) is 0 Å².